The van der Waals surface area contributed by atoms with Gasteiger partial charge in [-0.1, -0.05) is 44.2 Å². The molecule has 0 bridgehead atoms. The van der Waals surface area contributed by atoms with E-state index in [9.17, 15) is 18.4 Å². The van der Waals surface area contributed by atoms with Crippen LogP contribution in [0, 0.1) is 11.6 Å². The summed E-state index contributed by atoms with van der Waals surface area (Å²) in [5, 5.41) is 2.86. The number of carbonyl (C=O) groups excluding carboxylic acids is 1. The van der Waals surface area contributed by atoms with Crippen molar-refractivity contribution in [2.45, 2.75) is 38.6 Å². The maximum atomic E-state index is 13.9. The van der Waals surface area contributed by atoms with Crippen molar-refractivity contribution < 1.29 is 13.6 Å². The van der Waals surface area contributed by atoms with Gasteiger partial charge in [-0.3, -0.25) is 9.59 Å². The number of hydrogen-bond acceptors (Lipinski definition) is 3. The zero-order valence-corrected chi connectivity index (χ0v) is 16.8. The van der Waals surface area contributed by atoms with Gasteiger partial charge in [-0.15, -0.1) is 0 Å². The fraction of sp³-hybridized carbons (Fsp3) is 0.261. The number of carbonyl (C=O) groups is 1. The van der Waals surface area contributed by atoms with Crippen molar-refractivity contribution in [2.24, 2.45) is 0 Å². The van der Waals surface area contributed by atoms with E-state index in [1.54, 1.807) is 30.3 Å². The molecule has 0 fully saturated rings. The fourth-order valence-electron chi connectivity index (χ4n) is 3.12. The van der Waals surface area contributed by atoms with E-state index in [0.717, 1.165) is 0 Å². The molecular formula is C23H23F2N3O2. The number of aromatic nitrogens is 2. The van der Waals surface area contributed by atoms with Crippen molar-refractivity contribution in [3.8, 4) is 0 Å². The van der Waals surface area contributed by atoms with E-state index in [-0.39, 0.29) is 35.8 Å². The van der Waals surface area contributed by atoms with Crippen LogP contribution in [0.1, 0.15) is 48.5 Å². The van der Waals surface area contributed by atoms with Gasteiger partial charge in [0.25, 0.3) is 5.56 Å². The third-order valence-corrected chi connectivity index (χ3v) is 4.69. The SMILES string of the molecule is CC(C)c1nc(CC(NC(=O)Cc2ccccc2F)c2ccc(F)cc2)cc(=O)[nH]1. The highest BCUT2D eigenvalue weighted by Gasteiger charge is 2.18. The van der Waals surface area contributed by atoms with Crippen molar-refractivity contribution in [1.82, 2.24) is 15.3 Å². The van der Waals surface area contributed by atoms with Gasteiger partial charge >= 0.3 is 0 Å². The minimum absolute atomic E-state index is 0.0255. The Morgan fingerprint density at radius 2 is 1.80 bits per heavy atom. The van der Waals surface area contributed by atoms with Gasteiger partial charge < -0.3 is 10.3 Å². The van der Waals surface area contributed by atoms with Crippen LogP contribution in [0.5, 0.6) is 0 Å². The summed E-state index contributed by atoms with van der Waals surface area (Å²) in [5.41, 5.74) is 1.16. The molecule has 156 valence electrons. The molecule has 1 aromatic heterocycles. The summed E-state index contributed by atoms with van der Waals surface area (Å²) in [7, 11) is 0. The second-order valence-electron chi connectivity index (χ2n) is 7.42. The Balaban J connectivity index is 1.86. The Hall–Kier alpha value is -3.35. The summed E-state index contributed by atoms with van der Waals surface area (Å²) >= 11 is 0. The third kappa shape index (κ3) is 5.59. The van der Waals surface area contributed by atoms with E-state index >= 15 is 0 Å². The van der Waals surface area contributed by atoms with E-state index in [4.69, 9.17) is 0 Å². The molecule has 1 unspecified atom stereocenters. The van der Waals surface area contributed by atoms with E-state index < -0.39 is 17.7 Å². The molecule has 0 saturated heterocycles. The summed E-state index contributed by atoms with van der Waals surface area (Å²) in [6.45, 7) is 3.82. The van der Waals surface area contributed by atoms with Crippen LogP contribution in [0.2, 0.25) is 0 Å². The summed E-state index contributed by atoms with van der Waals surface area (Å²) in [5.74, 6) is -0.663. The molecule has 0 aliphatic carbocycles. The lowest BCUT2D eigenvalue weighted by atomic mass is 10.0. The van der Waals surface area contributed by atoms with Crippen LogP contribution in [0.4, 0.5) is 8.78 Å². The highest BCUT2D eigenvalue weighted by molar-refractivity contribution is 5.79. The first-order valence-corrected chi connectivity index (χ1v) is 9.70. The molecule has 30 heavy (non-hydrogen) atoms. The molecule has 0 spiro atoms. The first-order valence-electron chi connectivity index (χ1n) is 9.70. The molecular weight excluding hydrogens is 388 g/mol. The van der Waals surface area contributed by atoms with Crippen LogP contribution >= 0.6 is 0 Å². The maximum absolute atomic E-state index is 13.9. The predicted octanol–water partition coefficient (Wildman–Crippen LogP) is 3.81. The second-order valence-corrected chi connectivity index (χ2v) is 7.42. The largest absolute Gasteiger partial charge is 0.349 e. The molecule has 0 saturated carbocycles. The lowest BCUT2D eigenvalue weighted by Gasteiger charge is -2.20. The summed E-state index contributed by atoms with van der Waals surface area (Å²) in [6.07, 6.45) is 0.0999. The van der Waals surface area contributed by atoms with Gasteiger partial charge in [-0.2, -0.15) is 0 Å². The number of aromatic amines is 1. The highest BCUT2D eigenvalue weighted by atomic mass is 19.1. The quantitative estimate of drug-likeness (QED) is 0.621. The number of nitrogens with one attached hydrogen (secondary N) is 2. The van der Waals surface area contributed by atoms with Gasteiger partial charge in [0.15, 0.2) is 0 Å². The monoisotopic (exact) mass is 411 g/mol. The second kappa shape index (κ2) is 9.43. The number of halogens is 2. The van der Waals surface area contributed by atoms with Gasteiger partial charge in [0.2, 0.25) is 5.91 Å². The minimum atomic E-state index is -0.556. The normalized spacial score (nSPS) is 12.0. The Kier molecular flexibility index (Phi) is 6.72. The van der Waals surface area contributed by atoms with Crippen molar-refractivity contribution in [1.29, 1.82) is 0 Å². The lowest BCUT2D eigenvalue weighted by Crippen LogP contribution is -2.32. The zero-order valence-electron chi connectivity index (χ0n) is 16.8. The van der Waals surface area contributed by atoms with E-state index in [2.05, 4.69) is 15.3 Å². The van der Waals surface area contributed by atoms with E-state index in [1.165, 1.54) is 24.3 Å². The molecule has 7 heteroatoms. The number of rotatable bonds is 7. The van der Waals surface area contributed by atoms with Gasteiger partial charge in [-0.05, 0) is 29.3 Å². The van der Waals surface area contributed by atoms with Gasteiger partial charge in [-0.25, -0.2) is 13.8 Å². The van der Waals surface area contributed by atoms with Gasteiger partial charge in [0.05, 0.1) is 18.2 Å². The topological polar surface area (TPSA) is 74.8 Å². The predicted molar refractivity (Wildman–Crippen MR) is 110 cm³/mol. The Morgan fingerprint density at radius 3 is 2.47 bits per heavy atom. The standard InChI is InChI=1S/C23H23F2N3O2/c1-14(2)23-26-18(13-22(30)28-23)12-20(15-7-9-17(24)10-8-15)27-21(29)11-16-5-3-4-6-19(16)25/h3-10,13-14,20H,11-12H2,1-2H3,(H,27,29)(H,26,28,30). The van der Waals surface area contributed by atoms with Gasteiger partial charge in [0, 0.05) is 18.4 Å². The first kappa shape index (κ1) is 21.4. The third-order valence-electron chi connectivity index (χ3n) is 4.69. The molecule has 1 amide bonds. The first-order chi connectivity index (χ1) is 14.3. The van der Waals surface area contributed by atoms with Crippen LogP contribution in [-0.4, -0.2) is 15.9 Å². The van der Waals surface area contributed by atoms with Crippen molar-refractivity contribution in [2.75, 3.05) is 0 Å². The van der Waals surface area contributed by atoms with Crippen molar-refractivity contribution in [3.05, 3.63) is 99.2 Å². The van der Waals surface area contributed by atoms with Crippen LogP contribution in [0.3, 0.4) is 0 Å². The Morgan fingerprint density at radius 1 is 1.10 bits per heavy atom. The molecule has 1 heterocycles. The zero-order chi connectivity index (χ0) is 21.7. The Bertz CT molecular complexity index is 1080. The molecule has 3 rings (SSSR count). The molecule has 1 atom stereocenters. The molecule has 0 radical (unpaired) electrons. The van der Waals surface area contributed by atoms with Crippen LogP contribution < -0.4 is 10.9 Å². The molecule has 3 aromatic rings. The van der Waals surface area contributed by atoms with Crippen LogP contribution in [0.15, 0.2) is 59.4 Å². The fourth-order valence-corrected chi connectivity index (χ4v) is 3.12. The molecule has 5 nitrogen and oxygen atoms in total. The summed E-state index contributed by atoms with van der Waals surface area (Å²) in [4.78, 5) is 31.8. The Labute approximate surface area is 173 Å². The summed E-state index contributed by atoms with van der Waals surface area (Å²) in [6, 6.07) is 12.6. The average molecular weight is 411 g/mol. The van der Waals surface area contributed by atoms with Crippen molar-refractivity contribution >= 4 is 5.91 Å². The maximum Gasteiger partial charge on any atom is 0.251 e. The van der Waals surface area contributed by atoms with Crippen LogP contribution in [0.25, 0.3) is 0 Å². The smallest absolute Gasteiger partial charge is 0.251 e. The molecule has 0 aliphatic heterocycles. The molecule has 2 N–H and O–H groups in total. The molecule has 2 aromatic carbocycles. The molecule has 0 aliphatic rings. The minimum Gasteiger partial charge on any atom is -0.349 e. The lowest BCUT2D eigenvalue weighted by molar-refractivity contribution is -0.121. The number of amides is 1. The van der Waals surface area contributed by atoms with Crippen LogP contribution in [-0.2, 0) is 17.6 Å². The van der Waals surface area contributed by atoms with Crippen molar-refractivity contribution in [3.63, 3.8) is 0 Å². The van der Waals surface area contributed by atoms with E-state index in [0.29, 0.717) is 17.1 Å². The number of H-pyrrole nitrogens is 1. The van der Waals surface area contributed by atoms with E-state index in [1.807, 2.05) is 13.8 Å². The number of hydrogen-bond donors (Lipinski definition) is 2. The number of benzene rings is 2. The highest BCUT2D eigenvalue weighted by Crippen LogP contribution is 2.19. The summed E-state index contributed by atoms with van der Waals surface area (Å²) < 4.78 is 27.3. The number of nitrogens with zero attached hydrogens (tertiary/aromatic N) is 1. The van der Waals surface area contributed by atoms with Gasteiger partial charge in [0.1, 0.15) is 17.5 Å². The average Bonchev–Trinajstić information content (AvgIpc) is 2.69.